The third-order valence-electron chi connectivity index (χ3n) is 2.90. The first-order valence-electron chi connectivity index (χ1n) is 7.24. The highest BCUT2D eigenvalue weighted by Gasteiger charge is 2.13. The van der Waals surface area contributed by atoms with Crippen molar-refractivity contribution in [1.29, 1.82) is 0 Å². The second-order valence-corrected chi connectivity index (χ2v) is 5.03. The maximum absolute atomic E-state index is 11.5. The van der Waals surface area contributed by atoms with Crippen LogP contribution in [0.15, 0.2) is 29.7 Å². The molecule has 25 heavy (non-hydrogen) atoms. The Morgan fingerprint density at radius 2 is 2.24 bits per heavy atom. The number of carbonyl (C=O) groups excluding carboxylic acids is 1. The zero-order valence-corrected chi connectivity index (χ0v) is 14.4. The van der Waals surface area contributed by atoms with E-state index in [0.717, 1.165) is 0 Å². The lowest BCUT2D eigenvalue weighted by molar-refractivity contribution is 0.215. The molecule has 10 heteroatoms. The third kappa shape index (κ3) is 4.95. The van der Waals surface area contributed by atoms with Crippen molar-refractivity contribution in [2.75, 3.05) is 24.7 Å². The summed E-state index contributed by atoms with van der Waals surface area (Å²) in [6.07, 6.45) is 2.59. The number of benzene rings is 1. The van der Waals surface area contributed by atoms with Crippen LogP contribution in [-0.2, 0) is 4.84 Å². The fraction of sp³-hybridized carbons (Fsp3) is 0.200. The monoisotopic (exact) mass is 364 g/mol. The van der Waals surface area contributed by atoms with Crippen LogP contribution in [0.1, 0.15) is 12.5 Å². The predicted octanol–water partition coefficient (Wildman–Crippen LogP) is 2.63. The minimum absolute atomic E-state index is 0.166. The van der Waals surface area contributed by atoms with Crippen LogP contribution in [0.4, 0.5) is 16.3 Å². The molecule has 0 aliphatic rings. The summed E-state index contributed by atoms with van der Waals surface area (Å²) in [4.78, 5) is 24.1. The molecule has 1 heterocycles. The molecule has 0 bridgehead atoms. The number of anilines is 2. The second kappa shape index (κ2) is 8.69. The standard InChI is InChI=1S/C15H17ClN6O3/c1-3-18-15(23)22-9-4-5-12(11(16)6-9)25-14-10(7-21-24-2)13(17)19-8-20-14/h4-8H,3H2,1-2H3,(H2,17,19,20)(H2,18,22,23)/b21-7+. The first-order chi connectivity index (χ1) is 12.0. The fourth-order valence-corrected chi connectivity index (χ4v) is 2.02. The van der Waals surface area contributed by atoms with E-state index in [1.807, 2.05) is 6.92 Å². The smallest absolute Gasteiger partial charge is 0.319 e. The highest BCUT2D eigenvalue weighted by atomic mass is 35.5. The van der Waals surface area contributed by atoms with Crippen molar-refractivity contribution in [3.63, 3.8) is 0 Å². The van der Waals surface area contributed by atoms with Gasteiger partial charge in [-0.2, -0.15) is 0 Å². The van der Waals surface area contributed by atoms with E-state index in [0.29, 0.717) is 23.5 Å². The average molecular weight is 365 g/mol. The zero-order valence-electron chi connectivity index (χ0n) is 13.6. The molecule has 4 N–H and O–H groups in total. The molecule has 0 radical (unpaired) electrons. The lowest BCUT2D eigenvalue weighted by Gasteiger charge is -2.11. The lowest BCUT2D eigenvalue weighted by Crippen LogP contribution is -2.28. The van der Waals surface area contributed by atoms with Gasteiger partial charge in [-0.3, -0.25) is 0 Å². The fourth-order valence-electron chi connectivity index (χ4n) is 1.80. The van der Waals surface area contributed by atoms with E-state index in [4.69, 9.17) is 22.1 Å². The number of ether oxygens (including phenoxy) is 1. The van der Waals surface area contributed by atoms with Crippen LogP contribution in [0, 0.1) is 0 Å². The van der Waals surface area contributed by atoms with Gasteiger partial charge in [0.1, 0.15) is 30.6 Å². The molecule has 0 aliphatic carbocycles. The van der Waals surface area contributed by atoms with E-state index < -0.39 is 0 Å². The lowest BCUT2D eigenvalue weighted by atomic mass is 10.3. The van der Waals surface area contributed by atoms with Gasteiger partial charge in [-0.05, 0) is 25.1 Å². The maximum Gasteiger partial charge on any atom is 0.319 e. The Kier molecular flexibility index (Phi) is 6.35. The van der Waals surface area contributed by atoms with Gasteiger partial charge in [0.25, 0.3) is 0 Å². The van der Waals surface area contributed by atoms with Crippen molar-refractivity contribution in [2.45, 2.75) is 6.92 Å². The summed E-state index contributed by atoms with van der Waals surface area (Å²) in [6.45, 7) is 2.34. The summed E-state index contributed by atoms with van der Waals surface area (Å²) in [5.74, 6) is 0.671. The number of nitrogens with one attached hydrogen (secondary N) is 2. The van der Waals surface area contributed by atoms with Crippen molar-refractivity contribution < 1.29 is 14.4 Å². The van der Waals surface area contributed by atoms with Gasteiger partial charge in [-0.15, -0.1) is 0 Å². The molecule has 0 saturated carbocycles. The van der Waals surface area contributed by atoms with Crippen LogP contribution >= 0.6 is 11.6 Å². The number of hydrogen-bond acceptors (Lipinski definition) is 7. The van der Waals surface area contributed by atoms with Gasteiger partial charge in [0.15, 0.2) is 0 Å². The Morgan fingerprint density at radius 3 is 2.92 bits per heavy atom. The van der Waals surface area contributed by atoms with Crippen LogP contribution in [-0.4, -0.2) is 35.9 Å². The normalized spacial score (nSPS) is 10.5. The van der Waals surface area contributed by atoms with E-state index in [-0.39, 0.29) is 22.8 Å². The number of carbonyl (C=O) groups is 1. The molecule has 1 aromatic carbocycles. The van der Waals surface area contributed by atoms with Gasteiger partial charge in [0.2, 0.25) is 5.88 Å². The Bertz CT molecular complexity index is 784. The van der Waals surface area contributed by atoms with E-state index in [1.165, 1.54) is 19.7 Å². The second-order valence-electron chi connectivity index (χ2n) is 4.63. The molecule has 132 valence electrons. The number of nitrogen functional groups attached to an aromatic ring is 1. The van der Waals surface area contributed by atoms with Crippen molar-refractivity contribution in [3.05, 3.63) is 35.1 Å². The molecule has 0 unspecified atom stereocenters. The summed E-state index contributed by atoms with van der Waals surface area (Å²) in [7, 11) is 1.40. The number of halogens is 1. The van der Waals surface area contributed by atoms with Crippen molar-refractivity contribution in [1.82, 2.24) is 15.3 Å². The first-order valence-corrected chi connectivity index (χ1v) is 7.62. The molecule has 9 nitrogen and oxygen atoms in total. The number of rotatable bonds is 6. The number of aromatic nitrogens is 2. The van der Waals surface area contributed by atoms with Gasteiger partial charge in [0.05, 0.1) is 11.2 Å². The van der Waals surface area contributed by atoms with Gasteiger partial charge < -0.3 is 25.9 Å². The third-order valence-corrected chi connectivity index (χ3v) is 3.19. The first kappa shape index (κ1) is 18.3. The highest BCUT2D eigenvalue weighted by molar-refractivity contribution is 6.32. The summed E-state index contributed by atoms with van der Waals surface area (Å²) < 4.78 is 5.69. The molecule has 0 aliphatic heterocycles. The predicted molar refractivity (Wildman–Crippen MR) is 95.3 cm³/mol. The van der Waals surface area contributed by atoms with E-state index in [1.54, 1.807) is 18.2 Å². The number of hydrogen-bond donors (Lipinski definition) is 3. The Hall–Kier alpha value is -3.07. The quantitative estimate of drug-likeness (QED) is 0.534. The molecule has 0 fully saturated rings. The Morgan fingerprint density at radius 1 is 1.44 bits per heavy atom. The molecule has 0 saturated heterocycles. The molecular formula is C15H17ClN6O3. The van der Waals surface area contributed by atoms with Crippen LogP contribution in [0.25, 0.3) is 0 Å². The largest absolute Gasteiger partial charge is 0.437 e. The van der Waals surface area contributed by atoms with Crippen molar-refractivity contribution in [2.24, 2.45) is 5.16 Å². The molecule has 2 amide bonds. The zero-order chi connectivity index (χ0) is 18.2. The van der Waals surface area contributed by atoms with Gasteiger partial charge in [0, 0.05) is 12.2 Å². The minimum atomic E-state index is -0.325. The van der Waals surface area contributed by atoms with Gasteiger partial charge in [-0.25, -0.2) is 14.8 Å². The number of nitrogens with two attached hydrogens (primary N) is 1. The van der Waals surface area contributed by atoms with E-state index in [2.05, 4.69) is 30.6 Å². The number of urea groups is 1. The van der Waals surface area contributed by atoms with Crippen LogP contribution in [0.3, 0.4) is 0 Å². The molecule has 0 atom stereocenters. The van der Waals surface area contributed by atoms with E-state index in [9.17, 15) is 4.79 Å². The van der Waals surface area contributed by atoms with Crippen LogP contribution in [0.5, 0.6) is 11.6 Å². The summed E-state index contributed by atoms with van der Waals surface area (Å²) in [5, 5.41) is 9.19. The SMILES string of the molecule is CCNC(=O)Nc1ccc(Oc2ncnc(N)c2/C=N/OC)c(Cl)c1. The number of oxime groups is 1. The molecule has 0 spiro atoms. The summed E-state index contributed by atoms with van der Waals surface area (Å²) >= 11 is 6.21. The summed E-state index contributed by atoms with van der Waals surface area (Å²) in [5.41, 5.74) is 6.67. The number of amides is 2. The summed E-state index contributed by atoms with van der Waals surface area (Å²) in [6, 6.07) is 4.47. The molecular weight excluding hydrogens is 348 g/mol. The minimum Gasteiger partial charge on any atom is -0.437 e. The molecule has 2 aromatic rings. The topological polar surface area (TPSA) is 124 Å². The van der Waals surface area contributed by atoms with Gasteiger partial charge >= 0.3 is 6.03 Å². The molecule has 2 rings (SSSR count). The van der Waals surface area contributed by atoms with Crippen LogP contribution in [0.2, 0.25) is 5.02 Å². The Labute approximate surface area is 149 Å². The Balaban J connectivity index is 2.22. The molecule has 1 aromatic heterocycles. The van der Waals surface area contributed by atoms with Crippen molar-refractivity contribution in [3.8, 4) is 11.6 Å². The number of nitrogens with zero attached hydrogens (tertiary/aromatic N) is 3. The maximum atomic E-state index is 11.5. The van der Waals surface area contributed by atoms with E-state index >= 15 is 0 Å². The van der Waals surface area contributed by atoms with Gasteiger partial charge in [-0.1, -0.05) is 16.8 Å². The average Bonchev–Trinajstić information content (AvgIpc) is 2.57. The highest BCUT2D eigenvalue weighted by Crippen LogP contribution is 2.32. The van der Waals surface area contributed by atoms with Crippen molar-refractivity contribution >= 4 is 35.4 Å². The van der Waals surface area contributed by atoms with Crippen LogP contribution < -0.4 is 21.1 Å².